The molecule has 1 unspecified atom stereocenters. The number of hydrogen-bond acceptors (Lipinski definition) is 6. The summed E-state index contributed by atoms with van der Waals surface area (Å²) in [4.78, 5) is 11.4. The molecule has 0 fully saturated rings. The second kappa shape index (κ2) is 6.77. The molecule has 21 heavy (non-hydrogen) atoms. The van der Waals surface area contributed by atoms with Crippen molar-refractivity contribution in [3.63, 3.8) is 0 Å². The number of carbonyl (C=O) groups is 1. The topological polar surface area (TPSA) is 98.9 Å². The summed E-state index contributed by atoms with van der Waals surface area (Å²) in [6.45, 7) is 1.61. The lowest BCUT2D eigenvalue weighted by atomic mass is 10.2. The predicted molar refractivity (Wildman–Crippen MR) is 78.4 cm³/mol. The van der Waals surface area contributed by atoms with E-state index in [0.717, 1.165) is 4.31 Å². The smallest absolute Gasteiger partial charge is 0.309 e. The Morgan fingerprint density at radius 2 is 2.00 bits per heavy atom. The quantitative estimate of drug-likeness (QED) is 0.613. The van der Waals surface area contributed by atoms with Gasteiger partial charge in [0.2, 0.25) is 10.0 Å². The van der Waals surface area contributed by atoms with Crippen molar-refractivity contribution in [1.29, 1.82) is 0 Å². The van der Waals surface area contributed by atoms with Crippen LogP contribution < -0.4 is 10.5 Å². The molecule has 2 N–H and O–H groups in total. The van der Waals surface area contributed by atoms with E-state index in [4.69, 9.17) is 10.5 Å². The predicted octanol–water partition coefficient (Wildman–Crippen LogP) is 0.707. The fourth-order valence-corrected chi connectivity index (χ4v) is 3.07. The number of rotatable bonds is 6. The van der Waals surface area contributed by atoms with E-state index in [1.54, 1.807) is 6.92 Å². The number of esters is 1. The van der Waals surface area contributed by atoms with Gasteiger partial charge in [0.1, 0.15) is 5.75 Å². The van der Waals surface area contributed by atoms with Gasteiger partial charge in [-0.25, -0.2) is 12.7 Å². The molecule has 0 radical (unpaired) electrons. The third kappa shape index (κ3) is 3.85. The fraction of sp³-hybridized carbons (Fsp3) is 0.462. The number of nitrogens with two attached hydrogens (primary N) is 1. The zero-order chi connectivity index (χ0) is 16.2. The van der Waals surface area contributed by atoms with Gasteiger partial charge in [-0.1, -0.05) is 6.92 Å². The standard InChI is InChI=1S/C13H20N2O5S/c1-9(13(16)20-4)8-15(2)21(17,18)10-5-6-11(14)12(7-10)19-3/h5-7,9H,8,14H2,1-4H3. The number of sulfonamides is 1. The Labute approximate surface area is 124 Å². The molecule has 0 saturated heterocycles. The number of benzene rings is 1. The van der Waals surface area contributed by atoms with Crippen LogP contribution in [0, 0.1) is 5.92 Å². The number of nitrogen functional groups attached to an aromatic ring is 1. The molecule has 0 aliphatic heterocycles. The van der Waals surface area contributed by atoms with Crippen LogP contribution in [-0.4, -0.2) is 46.5 Å². The summed E-state index contributed by atoms with van der Waals surface area (Å²) in [7, 11) is 0.335. The Kier molecular flexibility index (Phi) is 5.56. The van der Waals surface area contributed by atoms with Crippen LogP contribution in [0.2, 0.25) is 0 Å². The molecule has 0 amide bonds. The van der Waals surface area contributed by atoms with Crippen molar-refractivity contribution in [2.24, 2.45) is 5.92 Å². The van der Waals surface area contributed by atoms with E-state index in [-0.39, 0.29) is 17.2 Å². The third-order valence-corrected chi connectivity index (χ3v) is 4.87. The molecule has 8 heteroatoms. The summed E-state index contributed by atoms with van der Waals surface area (Å²) in [5.41, 5.74) is 6.01. The minimum atomic E-state index is -3.74. The van der Waals surface area contributed by atoms with Gasteiger partial charge in [0.15, 0.2) is 0 Å². The molecule has 0 aliphatic rings. The first-order valence-electron chi connectivity index (χ1n) is 6.21. The number of carbonyl (C=O) groups excluding carboxylic acids is 1. The summed E-state index contributed by atoms with van der Waals surface area (Å²) in [6, 6.07) is 4.21. The summed E-state index contributed by atoms with van der Waals surface area (Å²) in [5.74, 6) is -0.747. The number of nitrogens with zero attached hydrogens (tertiary/aromatic N) is 1. The van der Waals surface area contributed by atoms with E-state index >= 15 is 0 Å². The van der Waals surface area contributed by atoms with Crippen molar-refractivity contribution in [3.8, 4) is 5.75 Å². The van der Waals surface area contributed by atoms with Crippen molar-refractivity contribution in [3.05, 3.63) is 18.2 Å². The average molecular weight is 316 g/mol. The summed E-state index contributed by atoms with van der Waals surface area (Å²) < 4.78 is 35.6. The second-order valence-corrected chi connectivity index (χ2v) is 6.66. The van der Waals surface area contributed by atoms with Gasteiger partial charge in [-0.05, 0) is 12.1 Å². The molecule has 0 aromatic heterocycles. The Morgan fingerprint density at radius 1 is 1.38 bits per heavy atom. The van der Waals surface area contributed by atoms with E-state index in [1.807, 2.05) is 0 Å². The van der Waals surface area contributed by atoms with Crippen molar-refractivity contribution in [2.45, 2.75) is 11.8 Å². The van der Waals surface area contributed by atoms with Crippen LogP contribution in [0.5, 0.6) is 5.75 Å². The van der Waals surface area contributed by atoms with Crippen LogP contribution in [0.25, 0.3) is 0 Å². The highest BCUT2D eigenvalue weighted by Gasteiger charge is 2.26. The molecule has 0 bridgehead atoms. The molecule has 7 nitrogen and oxygen atoms in total. The molecule has 1 aromatic carbocycles. The number of ether oxygens (including phenoxy) is 2. The first-order valence-corrected chi connectivity index (χ1v) is 7.65. The van der Waals surface area contributed by atoms with Gasteiger partial charge in [-0.3, -0.25) is 4.79 Å². The maximum absolute atomic E-state index is 12.4. The lowest BCUT2D eigenvalue weighted by Gasteiger charge is -2.20. The molecule has 1 rings (SSSR count). The first kappa shape index (κ1) is 17.3. The summed E-state index contributed by atoms with van der Waals surface area (Å²) in [6.07, 6.45) is 0. The Bertz CT molecular complexity index is 615. The zero-order valence-corrected chi connectivity index (χ0v) is 13.3. The molecule has 1 atom stereocenters. The molecular weight excluding hydrogens is 296 g/mol. The second-order valence-electron chi connectivity index (χ2n) is 4.61. The van der Waals surface area contributed by atoms with Crippen molar-refractivity contribution < 1.29 is 22.7 Å². The van der Waals surface area contributed by atoms with Crippen molar-refractivity contribution >= 4 is 21.7 Å². The monoisotopic (exact) mass is 316 g/mol. The van der Waals surface area contributed by atoms with Crippen LogP contribution >= 0.6 is 0 Å². The lowest BCUT2D eigenvalue weighted by molar-refractivity contribution is -0.144. The highest BCUT2D eigenvalue weighted by atomic mass is 32.2. The van der Waals surface area contributed by atoms with Crippen LogP contribution in [0.3, 0.4) is 0 Å². The van der Waals surface area contributed by atoms with Crippen LogP contribution in [0.4, 0.5) is 5.69 Å². The lowest BCUT2D eigenvalue weighted by Crippen LogP contribution is -2.34. The SMILES string of the molecule is COC(=O)C(C)CN(C)S(=O)(=O)c1ccc(N)c(OC)c1. The van der Waals surface area contributed by atoms with E-state index in [2.05, 4.69) is 4.74 Å². The van der Waals surface area contributed by atoms with Gasteiger partial charge in [0, 0.05) is 19.7 Å². The largest absolute Gasteiger partial charge is 0.495 e. The average Bonchev–Trinajstić information content (AvgIpc) is 2.46. The fourth-order valence-electron chi connectivity index (χ4n) is 1.79. The number of hydrogen-bond donors (Lipinski definition) is 1. The highest BCUT2D eigenvalue weighted by Crippen LogP contribution is 2.26. The van der Waals surface area contributed by atoms with E-state index in [0.29, 0.717) is 5.69 Å². The van der Waals surface area contributed by atoms with Gasteiger partial charge in [0.25, 0.3) is 0 Å². The van der Waals surface area contributed by atoms with E-state index < -0.39 is 21.9 Å². The molecule has 0 spiro atoms. The van der Waals surface area contributed by atoms with Crippen molar-refractivity contribution in [2.75, 3.05) is 33.5 Å². The number of anilines is 1. The number of methoxy groups -OCH3 is 2. The van der Waals surface area contributed by atoms with Crippen LogP contribution in [0.15, 0.2) is 23.1 Å². The first-order chi connectivity index (χ1) is 9.73. The van der Waals surface area contributed by atoms with Gasteiger partial charge < -0.3 is 15.2 Å². The summed E-state index contributed by atoms with van der Waals surface area (Å²) in [5, 5.41) is 0. The molecular formula is C13H20N2O5S. The Balaban J connectivity index is 3.02. The molecule has 0 saturated carbocycles. The van der Waals surface area contributed by atoms with Crippen LogP contribution in [-0.2, 0) is 19.6 Å². The molecule has 1 aromatic rings. The molecule has 0 heterocycles. The maximum atomic E-state index is 12.4. The van der Waals surface area contributed by atoms with Gasteiger partial charge in [0.05, 0.1) is 30.7 Å². The molecule has 118 valence electrons. The summed E-state index contributed by atoms with van der Waals surface area (Å²) >= 11 is 0. The minimum Gasteiger partial charge on any atom is -0.495 e. The van der Waals surface area contributed by atoms with Gasteiger partial charge >= 0.3 is 5.97 Å². The highest BCUT2D eigenvalue weighted by molar-refractivity contribution is 7.89. The van der Waals surface area contributed by atoms with Crippen molar-refractivity contribution in [1.82, 2.24) is 4.31 Å². The maximum Gasteiger partial charge on any atom is 0.309 e. The van der Waals surface area contributed by atoms with Gasteiger partial charge in [-0.2, -0.15) is 0 Å². The molecule has 0 aliphatic carbocycles. The normalized spacial score (nSPS) is 13.0. The van der Waals surface area contributed by atoms with E-state index in [9.17, 15) is 13.2 Å². The van der Waals surface area contributed by atoms with Crippen LogP contribution in [0.1, 0.15) is 6.92 Å². The third-order valence-electron chi connectivity index (χ3n) is 3.05. The zero-order valence-electron chi connectivity index (χ0n) is 12.5. The van der Waals surface area contributed by atoms with E-state index in [1.165, 1.54) is 39.5 Å². The Hall–Kier alpha value is -1.80. The minimum absolute atomic E-state index is 0.0156. The Morgan fingerprint density at radius 3 is 2.52 bits per heavy atom. The van der Waals surface area contributed by atoms with Gasteiger partial charge in [-0.15, -0.1) is 0 Å².